The Labute approximate surface area is 243 Å². The molecule has 1 aliphatic rings. The fourth-order valence-electron chi connectivity index (χ4n) is 5.25. The number of thiocarbonyl (C=S) groups is 1. The van der Waals surface area contributed by atoms with Crippen molar-refractivity contribution < 1.29 is 4.79 Å². The number of aromatic nitrogens is 2. The lowest BCUT2D eigenvalue weighted by molar-refractivity contribution is -0.118. The molecule has 1 aliphatic heterocycles. The number of anilines is 2. The number of halogens is 1. The van der Waals surface area contributed by atoms with Crippen LogP contribution in [0, 0.1) is 26.7 Å². The highest BCUT2D eigenvalue weighted by molar-refractivity contribution is 9.10. The second-order valence-corrected chi connectivity index (χ2v) is 11.5. The van der Waals surface area contributed by atoms with E-state index in [2.05, 4.69) is 80.2 Å². The van der Waals surface area contributed by atoms with Crippen LogP contribution in [-0.4, -0.2) is 20.6 Å². The Balaban J connectivity index is 1.63. The number of hydrogen-bond donors (Lipinski definition) is 2. The van der Waals surface area contributed by atoms with Gasteiger partial charge in [-0.05, 0) is 109 Å². The van der Waals surface area contributed by atoms with Crippen molar-refractivity contribution in [1.82, 2.24) is 14.9 Å². The number of aryl methyl sites for hydroxylation is 2. The monoisotopic (exact) mass is 601 g/mol. The molecule has 0 saturated carbocycles. The Kier molecular flexibility index (Phi) is 7.60. The third-order valence-electron chi connectivity index (χ3n) is 7.25. The molecule has 8 heteroatoms. The maximum atomic E-state index is 12.3. The number of benzene rings is 2. The quantitative estimate of drug-likeness (QED) is 0.226. The molecule has 2 N–H and O–H groups in total. The molecule has 0 unspecified atom stereocenters. The predicted molar refractivity (Wildman–Crippen MR) is 166 cm³/mol. The number of carbonyl (C=O) groups excluding carboxylic acids is 1. The normalized spacial score (nSPS) is 17.0. The summed E-state index contributed by atoms with van der Waals surface area (Å²) in [5.41, 5.74) is 8.20. The average Bonchev–Trinajstić information content (AvgIpc) is 3.41. The van der Waals surface area contributed by atoms with Gasteiger partial charge >= 0.3 is 0 Å². The highest BCUT2D eigenvalue weighted by atomic mass is 79.9. The second-order valence-electron chi connectivity index (χ2n) is 10.3. The lowest BCUT2D eigenvalue weighted by Gasteiger charge is -2.29. The zero-order valence-electron chi connectivity index (χ0n) is 22.7. The van der Waals surface area contributed by atoms with Gasteiger partial charge in [-0.2, -0.15) is 0 Å². The van der Waals surface area contributed by atoms with E-state index in [1.54, 1.807) is 0 Å². The standard InChI is InChI=1S/C31H32BrN5OS/c1-18(2)30(38)34-25-14-13-22(16-19(25)3)37-29(28(35-31(37)39)26-11-8-9-15-33-26)23-17-20(4)36(21(23)5)27-12-7-6-10-24(27)32/h6-18,28-29H,1-5H3,(H,34,38)(H,35,39)/t28-,29+/m1/s1. The Bertz CT molecular complexity index is 1550. The molecule has 0 aliphatic carbocycles. The van der Waals surface area contributed by atoms with E-state index < -0.39 is 0 Å². The van der Waals surface area contributed by atoms with E-state index in [9.17, 15) is 4.79 Å². The van der Waals surface area contributed by atoms with Gasteiger partial charge in [-0.1, -0.05) is 32.0 Å². The number of nitrogens with zero attached hydrogens (tertiary/aromatic N) is 3. The molecule has 6 nitrogen and oxygen atoms in total. The molecule has 200 valence electrons. The van der Waals surface area contributed by atoms with Crippen LogP contribution in [0.5, 0.6) is 0 Å². The van der Waals surface area contributed by atoms with Crippen LogP contribution < -0.4 is 15.5 Å². The molecule has 1 amide bonds. The number of amides is 1. The lowest BCUT2D eigenvalue weighted by Crippen LogP contribution is -2.29. The van der Waals surface area contributed by atoms with Crippen LogP contribution in [0.25, 0.3) is 5.69 Å². The summed E-state index contributed by atoms with van der Waals surface area (Å²) in [6.07, 6.45) is 1.82. The van der Waals surface area contributed by atoms with Gasteiger partial charge in [-0.3, -0.25) is 9.78 Å². The predicted octanol–water partition coefficient (Wildman–Crippen LogP) is 7.33. The van der Waals surface area contributed by atoms with Crippen molar-refractivity contribution in [3.63, 3.8) is 0 Å². The molecular weight excluding hydrogens is 570 g/mol. The molecular formula is C31H32BrN5OS. The highest BCUT2D eigenvalue weighted by Crippen LogP contribution is 2.44. The molecule has 39 heavy (non-hydrogen) atoms. The maximum absolute atomic E-state index is 12.3. The number of pyridine rings is 1. The highest BCUT2D eigenvalue weighted by Gasteiger charge is 2.42. The van der Waals surface area contributed by atoms with Crippen LogP contribution >= 0.6 is 28.1 Å². The number of nitrogens with one attached hydrogen (secondary N) is 2. The summed E-state index contributed by atoms with van der Waals surface area (Å²) in [5.74, 6) is -0.0975. The molecule has 1 fully saturated rings. The third kappa shape index (κ3) is 5.11. The van der Waals surface area contributed by atoms with Crippen molar-refractivity contribution in [2.24, 2.45) is 5.92 Å². The molecule has 1 saturated heterocycles. The molecule has 5 rings (SSSR count). The van der Waals surface area contributed by atoms with E-state index in [1.165, 1.54) is 5.56 Å². The van der Waals surface area contributed by atoms with E-state index in [4.69, 9.17) is 17.2 Å². The Morgan fingerprint density at radius 1 is 1.05 bits per heavy atom. The summed E-state index contributed by atoms with van der Waals surface area (Å²) < 4.78 is 3.32. The van der Waals surface area contributed by atoms with E-state index in [-0.39, 0.29) is 23.9 Å². The van der Waals surface area contributed by atoms with Crippen molar-refractivity contribution in [3.8, 4) is 5.69 Å². The van der Waals surface area contributed by atoms with Gasteiger partial charge in [-0.25, -0.2) is 0 Å². The SMILES string of the molecule is Cc1cc(N2C(=S)N[C@H](c3ccccn3)[C@@H]2c2cc(C)n(-c3ccccc3Br)c2C)ccc1NC(=O)C(C)C. The number of carbonyl (C=O) groups is 1. The molecule has 0 spiro atoms. The number of para-hydroxylation sites is 1. The van der Waals surface area contributed by atoms with Crippen LogP contribution in [0.4, 0.5) is 11.4 Å². The Morgan fingerprint density at radius 2 is 1.79 bits per heavy atom. The summed E-state index contributed by atoms with van der Waals surface area (Å²) >= 11 is 9.69. The molecule has 2 aromatic carbocycles. The van der Waals surface area contributed by atoms with Gasteiger partial charge in [0.15, 0.2) is 5.11 Å². The minimum absolute atomic E-state index is 0.00295. The average molecular weight is 603 g/mol. The first-order valence-corrected chi connectivity index (χ1v) is 14.2. The zero-order chi connectivity index (χ0) is 27.8. The van der Waals surface area contributed by atoms with Crippen LogP contribution in [-0.2, 0) is 4.79 Å². The van der Waals surface area contributed by atoms with Gasteiger partial charge in [-0.15, -0.1) is 0 Å². The minimum atomic E-state index is -0.146. The third-order valence-corrected chi connectivity index (χ3v) is 8.24. The molecule has 0 radical (unpaired) electrons. The van der Waals surface area contributed by atoms with Crippen molar-refractivity contribution in [1.29, 1.82) is 0 Å². The van der Waals surface area contributed by atoms with Gasteiger partial charge in [0, 0.05) is 39.4 Å². The van der Waals surface area contributed by atoms with Gasteiger partial charge in [0.2, 0.25) is 5.91 Å². The Hall–Kier alpha value is -3.49. The van der Waals surface area contributed by atoms with Gasteiger partial charge in [0.05, 0.1) is 23.5 Å². The summed E-state index contributed by atoms with van der Waals surface area (Å²) in [6.45, 7) is 10.1. The van der Waals surface area contributed by atoms with Crippen LogP contribution in [0.1, 0.15) is 54.1 Å². The van der Waals surface area contributed by atoms with E-state index in [1.807, 2.05) is 63.4 Å². The first-order chi connectivity index (χ1) is 18.7. The van der Waals surface area contributed by atoms with Gasteiger partial charge < -0.3 is 20.1 Å². The topological polar surface area (TPSA) is 62.2 Å². The molecule has 0 bridgehead atoms. The van der Waals surface area contributed by atoms with Gasteiger partial charge in [0.25, 0.3) is 0 Å². The fourth-order valence-corrected chi connectivity index (χ4v) is 6.06. The zero-order valence-corrected chi connectivity index (χ0v) is 25.1. The van der Waals surface area contributed by atoms with Crippen LogP contribution in [0.3, 0.4) is 0 Å². The first-order valence-electron chi connectivity index (χ1n) is 13.0. The lowest BCUT2D eigenvalue weighted by atomic mass is 9.96. The first kappa shape index (κ1) is 27.1. The van der Waals surface area contributed by atoms with Crippen LogP contribution in [0.15, 0.2) is 77.4 Å². The fraction of sp³-hybridized carbons (Fsp3) is 0.258. The second kappa shape index (κ2) is 10.9. The van der Waals surface area contributed by atoms with Crippen molar-refractivity contribution in [2.45, 2.75) is 46.7 Å². The smallest absolute Gasteiger partial charge is 0.226 e. The summed E-state index contributed by atoms with van der Waals surface area (Å²) in [7, 11) is 0. The van der Waals surface area contributed by atoms with Crippen molar-refractivity contribution in [3.05, 3.63) is 106 Å². The minimum Gasteiger partial charge on any atom is -0.351 e. The van der Waals surface area contributed by atoms with E-state index in [0.717, 1.165) is 44.2 Å². The Morgan fingerprint density at radius 3 is 2.46 bits per heavy atom. The molecule has 4 aromatic rings. The van der Waals surface area contributed by atoms with E-state index in [0.29, 0.717) is 5.11 Å². The maximum Gasteiger partial charge on any atom is 0.226 e. The van der Waals surface area contributed by atoms with Crippen molar-refractivity contribution >= 4 is 50.5 Å². The summed E-state index contributed by atoms with van der Waals surface area (Å²) in [5, 5.41) is 7.24. The van der Waals surface area contributed by atoms with E-state index >= 15 is 0 Å². The number of hydrogen-bond acceptors (Lipinski definition) is 3. The molecule has 2 aromatic heterocycles. The van der Waals surface area contributed by atoms with Crippen molar-refractivity contribution in [2.75, 3.05) is 10.2 Å². The summed E-state index contributed by atoms with van der Waals surface area (Å²) in [6, 6.07) is 22.3. The number of rotatable bonds is 6. The largest absolute Gasteiger partial charge is 0.351 e. The molecule has 2 atom stereocenters. The summed E-state index contributed by atoms with van der Waals surface area (Å²) in [4.78, 5) is 19.2. The van der Waals surface area contributed by atoms with Gasteiger partial charge in [0.1, 0.15) is 0 Å². The van der Waals surface area contributed by atoms with Crippen LogP contribution in [0.2, 0.25) is 0 Å². The molecule has 3 heterocycles.